The normalized spacial score (nSPS) is 10.2. The second kappa shape index (κ2) is 8.40. The summed E-state index contributed by atoms with van der Waals surface area (Å²) in [6.45, 7) is 5.74. The molecule has 19 heavy (non-hydrogen) atoms. The van der Waals surface area contributed by atoms with Crippen LogP contribution in [0.15, 0.2) is 24.3 Å². The summed E-state index contributed by atoms with van der Waals surface area (Å²) in [5.74, 6) is 0.0989. The Morgan fingerprint density at radius 2 is 1.74 bits per heavy atom. The molecule has 106 valence electrons. The van der Waals surface area contributed by atoms with Gasteiger partial charge in [0.1, 0.15) is 5.75 Å². The smallest absolute Gasteiger partial charge is 0.321 e. The van der Waals surface area contributed by atoms with Crippen molar-refractivity contribution in [2.24, 2.45) is 0 Å². The van der Waals surface area contributed by atoms with E-state index in [0.29, 0.717) is 5.69 Å². The summed E-state index contributed by atoms with van der Waals surface area (Å²) >= 11 is 0. The molecular formula is C15H24N2O2. The number of phenolic OH excluding ortho intramolecular Hbond substituents is 1. The van der Waals surface area contributed by atoms with Crippen LogP contribution in [0.25, 0.3) is 0 Å². The first kappa shape index (κ1) is 15.3. The highest BCUT2D eigenvalue weighted by Gasteiger charge is 2.13. The third-order valence-electron chi connectivity index (χ3n) is 3.00. The van der Waals surface area contributed by atoms with Gasteiger partial charge in [-0.25, -0.2) is 4.79 Å². The van der Waals surface area contributed by atoms with Gasteiger partial charge in [0, 0.05) is 13.1 Å². The van der Waals surface area contributed by atoms with E-state index in [1.54, 1.807) is 24.3 Å². The lowest BCUT2D eigenvalue weighted by molar-refractivity contribution is 0.209. The summed E-state index contributed by atoms with van der Waals surface area (Å²) < 4.78 is 0. The molecule has 4 nitrogen and oxygen atoms in total. The van der Waals surface area contributed by atoms with Crippen LogP contribution in [0.3, 0.4) is 0 Å². The summed E-state index contributed by atoms with van der Waals surface area (Å²) in [7, 11) is 0. The highest BCUT2D eigenvalue weighted by atomic mass is 16.3. The number of nitrogens with zero attached hydrogens (tertiary/aromatic N) is 1. The van der Waals surface area contributed by atoms with Crippen LogP contribution in [0.2, 0.25) is 0 Å². The van der Waals surface area contributed by atoms with Crippen LogP contribution in [0.4, 0.5) is 10.5 Å². The predicted molar refractivity (Wildman–Crippen MR) is 78.5 cm³/mol. The second-order valence-electron chi connectivity index (χ2n) is 4.64. The topological polar surface area (TPSA) is 52.6 Å². The van der Waals surface area contributed by atoms with Crippen LogP contribution in [0.1, 0.15) is 39.5 Å². The van der Waals surface area contributed by atoms with Crippen LogP contribution in [0, 0.1) is 0 Å². The molecule has 0 aliphatic carbocycles. The van der Waals surface area contributed by atoms with Gasteiger partial charge in [-0.05, 0) is 25.0 Å². The van der Waals surface area contributed by atoms with Gasteiger partial charge in [-0.15, -0.1) is 0 Å². The minimum Gasteiger partial charge on any atom is -0.506 e. The van der Waals surface area contributed by atoms with Crippen molar-refractivity contribution in [1.82, 2.24) is 4.90 Å². The standard InChI is InChI=1S/C15H24N2O2/c1-3-5-11-17(12-6-4-2)15(19)16-13-9-7-8-10-14(13)18/h7-10,18H,3-6,11-12H2,1-2H3,(H,16,19). The van der Waals surface area contributed by atoms with E-state index in [2.05, 4.69) is 19.2 Å². The number of hydrogen-bond acceptors (Lipinski definition) is 2. The van der Waals surface area contributed by atoms with Gasteiger partial charge in [0.05, 0.1) is 5.69 Å². The van der Waals surface area contributed by atoms with E-state index in [0.717, 1.165) is 38.8 Å². The minimum atomic E-state index is -0.136. The van der Waals surface area contributed by atoms with Crippen LogP contribution in [0.5, 0.6) is 5.75 Å². The molecule has 0 aromatic heterocycles. The molecule has 0 unspecified atom stereocenters. The highest BCUT2D eigenvalue weighted by molar-refractivity contribution is 5.90. The molecule has 0 saturated heterocycles. The van der Waals surface area contributed by atoms with Crippen molar-refractivity contribution in [1.29, 1.82) is 0 Å². The van der Waals surface area contributed by atoms with Crippen molar-refractivity contribution in [3.05, 3.63) is 24.3 Å². The van der Waals surface area contributed by atoms with Crippen LogP contribution < -0.4 is 5.32 Å². The van der Waals surface area contributed by atoms with Gasteiger partial charge < -0.3 is 15.3 Å². The lowest BCUT2D eigenvalue weighted by Gasteiger charge is -2.23. The Bertz CT molecular complexity index is 385. The zero-order valence-electron chi connectivity index (χ0n) is 11.9. The van der Waals surface area contributed by atoms with Crippen molar-refractivity contribution in [2.75, 3.05) is 18.4 Å². The maximum Gasteiger partial charge on any atom is 0.321 e. The molecule has 1 aromatic rings. The number of unbranched alkanes of at least 4 members (excludes halogenated alkanes) is 2. The number of phenols is 1. The van der Waals surface area contributed by atoms with Gasteiger partial charge in [-0.3, -0.25) is 0 Å². The van der Waals surface area contributed by atoms with E-state index in [4.69, 9.17) is 0 Å². The monoisotopic (exact) mass is 264 g/mol. The average Bonchev–Trinajstić information content (AvgIpc) is 2.41. The third kappa shape index (κ3) is 5.20. The molecular weight excluding hydrogens is 240 g/mol. The number of carbonyl (C=O) groups excluding carboxylic acids is 1. The molecule has 1 rings (SSSR count). The Morgan fingerprint density at radius 1 is 1.16 bits per heavy atom. The minimum absolute atomic E-state index is 0.0989. The number of hydrogen-bond donors (Lipinski definition) is 2. The summed E-state index contributed by atoms with van der Waals surface area (Å²) in [6.07, 6.45) is 4.12. The Hall–Kier alpha value is -1.71. The number of urea groups is 1. The highest BCUT2D eigenvalue weighted by Crippen LogP contribution is 2.21. The molecule has 0 bridgehead atoms. The first-order chi connectivity index (χ1) is 9.19. The molecule has 1 aromatic carbocycles. The number of benzene rings is 1. The van der Waals surface area contributed by atoms with E-state index < -0.39 is 0 Å². The van der Waals surface area contributed by atoms with E-state index in [9.17, 15) is 9.90 Å². The average molecular weight is 264 g/mol. The molecule has 0 fully saturated rings. The van der Waals surface area contributed by atoms with Gasteiger partial charge in [0.15, 0.2) is 0 Å². The summed E-state index contributed by atoms with van der Waals surface area (Å²) in [5.41, 5.74) is 0.463. The van der Waals surface area contributed by atoms with E-state index in [1.165, 1.54) is 0 Å². The van der Waals surface area contributed by atoms with Crippen LogP contribution >= 0.6 is 0 Å². The Labute approximate surface area is 115 Å². The number of carbonyl (C=O) groups is 1. The summed E-state index contributed by atoms with van der Waals surface area (Å²) in [6, 6.07) is 6.65. The van der Waals surface area contributed by atoms with Gasteiger partial charge in [-0.2, -0.15) is 0 Å². The van der Waals surface area contributed by atoms with E-state index in [1.807, 2.05) is 4.90 Å². The fourth-order valence-electron chi connectivity index (χ4n) is 1.79. The number of nitrogens with one attached hydrogen (secondary N) is 1. The zero-order valence-corrected chi connectivity index (χ0v) is 11.9. The maximum atomic E-state index is 12.2. The van der Waals surface area contributed by atoms with Crippen molar-refractivity contribution in [3.8, 4) is 5.75 Å². The number of para-hydroxylation sites is 2. The Kier molecular flexibility index (Phi) is 6.79. The largest absolute Gasteiger partial charge is 0.506 e. The second-order valence-corrected chi connectivity index (χ2v) is 4.64. The molecule has 2 N–H and O–H groups in total. The van der Waals surface area contributed by atoms with Gasteiger partial charge >= 0.3 is 6.03 Å². The zero-order chi connectivity index (χ0) is 14.1. The quantitative estimate of drug-likeness (QED) is 0.735. The van der Waals surface area contributed by atoms with E-state index >= 15 is 0 Å². The first-order valence-electron chi connectivity index (χ1n) is 7.03. The molecule has 2 amide bonds. The Morgan fingerprint density at radius 3 is 2.26 bits per heavy atom. The fraction of sp³-hybridized carbons (Fsp3) is 0.533. The van der Waals surface area contributed by atoms with Crippen molar-refractivity contribution >= 4 is 11.7 Å². The first-order valence-corrected chi connectivity index (χ1v) is 7.03. The predicted octanol–water partition coefficient (Wildman–Crippen LogP) is 3.83. The molecule has 0 aliphatic rings. The SMILES string of the molecule is CCCCN(CCCC)C(=O)Nc1ccccc1O. The molecule has 0 radical (unpaired) electrons. The van der Waals surface area contributed by atoms with Crippen molar-refractivity contribution in [2.45, 2.75) is 39.5 Å². The number of amides is 2. The summed E-state index contributed by atoms with van der Waals surface area (Å²) in [5, 5.41) is 12.4. The number of aromatic hydroxyl groups is 1. The maximum absolute atomic E-state index is 12.2. The number of rotatable bonds is 7. The molecule has 0 aliphatic heterocycles. The number of anilines is 1. The van der Waals surface area contributed by atoms with E-state index in [-0.39, 0.29) is 11.8 Å². The molecule has 0 spiro atoms. The lowest BCUT2D eigenvalue weighted by atomic mass is 10.2. The Balaban J connectivity index is 2.62. The fourth-order valence-corrected chi connectivity index (χ4v) is 1.79. The van der Waals surface area contributed by atoms with Crippen molar-refractivity contribution < 1.29 is 9.90 Å². The molecule has 0 heterocycles. The summed E-state index contributed by atoms with van der Waals surface area (Å²) in [4.78, 5) is 14.0. The lowest BCUT2D eigenvalue weighted by Crippen LogP contribution is -2.36. The molecule has 4 heteroatoms. The molecule has 0 atom stereocenters. The van der Waals surface area contributed by atoms with Crippen LogP contribution in [-0.4, -0.2) is 29.1 Å². The van der Waals surface area contributed by atoms with Crippen molar-refractivity contribution in [3.63, 3.8) is 0 Å². The van der Waals surface area contributed by atoms with Gasteiger partial charge in [0.25, 0.3) is 0 Å². The van der Waals surface area contributed by atoms with Gasteiger partial charge in [0.2, 0.25) is 0 Å². The molecule has 0 saturated carbocycles. The van der Waals surface area contributed by atoms with Crippen LogP contribution in [-0.2, 0) is 0 Å². The van der Waals surface area contributed by atoms with Gasteiger partial charge in [-0.1, -0.05) is 38.8 Å². The third-order valence-corrected chi connectivity index (χ3v) is 3.00.